The Morgan fingerprint density at radius 3 is 2.31 bits per heavy atom. The van der Waals surface area contributed by atoms with E-state index in [1.165, 1.54) is 11.1 Å². The van der Waals surface area contributed by atoms with Crippen molar-refractivity contribution in [2.75, 3.05) is 6.61 Å². The van der Waals surface area contributed by atoms with E-state index in [0.29, 0.717) is 19.3 Å². The summed E-state index contributed by atoms with van der Waals surface area (Å²) in [5.41, 5.74) is 3.81. The van der Waals surface area contributed by atoms with Gasteiger partial charge in [-0.3, -0.25) is 9.59 Å². The molecule has 35 heavy (non-hydrogen) atoms. The number of ether oxygens (including phenoxy) is 1. The van der Waals surface area contributed by atoms with Gasteiger partial charge in [0.2, 0.25) is 5.91 Å². The molecule has 0 heterocycles. The summed E-state index contributed by atoms with van der Waals surface area (Å²) in [6, 6.07) is 15.6. The van der Waals surface area contributed by atoms with Gasteiger partial charge < -0.3 is 20.5 Å². The summed E-state index contributed by atoms with van der Waals surface area (Å²) in [5, 5.41) is 15.0. The smallest absolute Gasteiger partial charge is 0.407 e. The standard InChI is InChI=1S/C28H34N2O5/c1-3-9-18(16-25(31)32)29-26(33)28(2)15-8-14-24(28)30-27(34)35-17-23-21-12-6-4-10-19(21)20-11-5-7-13-22(20)23/h4-7,10-13,18,23-24H,3,8-9,14-17H2,1-2H3,(H,29,33)(H,30,34)(H,31,32)/t18-,24?,28?/m0/s1. The maximum absolute atomic E-state index is 13.2. The van der Waals surface area contributed by atoms with Crippen LogP contribution in [0.5, 0.6) is 0 Å². The predicted octanol–water partition coefficient (Wildman–Crippen LogP) is 4.84. The number of amides is 2. The molecule has 1 saturated carbocycles. The molecule has 0 aliphatic heterocycles. The number of aliphatic carboxylic acids is 1. The molecule has 2 aliphatic rings. The number of nitrogens with one attached hydrogen (secondary N) is 2. The number of hydrogen-bond acceptors (Lipinski definition) is 4. The van der Waals surface area contributed by atoms with Crippen LogP contribution in [0.25, 0.3) is 11.1 Å². The van der Waals surface area contributed by atoms with Crippen molar-refractivity contribution in [3.05, 3.63) is 59.7 Å². The fourth-order valence-corrected chi connectivity index (χ4v) is 5.59. The summed E-state index contributed by atoms with van der Waals surface area (Å²) < 4.78 is 5.69. The lowest BCUT2D eigenvalue weighted by Crippen LogP contribution is -2.53. The van der Waals surface area contributed by atoms with Crippen LogP contribution in [-0.4, -0.2) is 41.8 Å². The summed E-state index contributed by atoms with van der Waals surface area (Å²) in [5.74, 6) is -1.18. The highest BCUT2D eigenvalue weighted by molar-refractivity contribution is 5.85. The third kappa shape index (κ3) is 5.19. The quantitative estimate of drug-likeness (QED) is 0.478. The first kappa shape index (κ1) is 24.8. The topological polar surface area (TPSA) is 105 Å². The first-order valence-electron chi connectivity index (χ1n) is 12.5. The molecular formula is C28H34N2O5. The Hall–Kier alpha value is -3.35. The Kier molecular flexibility index (Phi) is 7.43. The molecule has 2 aromatic rings. The van der Waals surface area contributed by atoms with Crippen molar-refractivity contribution < 1.29 is 24.2 Å². The van der Waals surface area contributed by atoms with Crippen LogP contribution in [0, 0.1) is 5.41 Å². The molecule has 3 N–H and O–H groups in total. The predicted molar refractivity (Wildman–Crippen MR) is 133 cm³/mol. The van der Waals surface area contributed by atoms with Crippen LogP contribution in [0.4, 0.5) is 4.79 Å². The van der Waals surface area contributed by atoms with Gasteiger partial charge in [-0.25, -0.2) is 4.79 Å². The van der Waals surface area contributed by atoms with Crippen molar-refractivity contribution in [3.63, 3.8) is 0 Å². The van der Waals surface area contributed by atoms with Crippen molar-refractivity contribution in [3.8, 4) is 11.1 Å². The number of carboxylic acids is 1. The molecule has 2 aliphatic carbocycles. The molecule has 2 unspecified atom stereocenters. The van der Waals surface area contributed by atoms with Gasteiger partial charge in [-0.05, 0) is 48.4 Å². The molecule has 1 fully saturated rings. The van der Waals surface area contributed by atoms with Crippen molar-refractivity contribution in [1.29, 1.82) is 0 Å². The largest absolute Gasteiger partial charge is 0.481 e. The Morgan fingerprint density at radius 1 is 1.09 bits per heavy atom. The zero-order valence-corrected chi connectivity index (χ0v) is 20.4. The average molecular weight is 479 g/mol. The second-order valence-electron chi connectivity index (χ2n) is 9.89. The number of hydrogen-bond donors (Lipinski definition) is 3. The Balaban J connectivity index is 1.39. The van der Waals surface area contributed by atoms with Crippen LogP contribution in [0.3, 0.4) is 0 Å². The van der Waals surface area contributed by atoms with Gasteiger partial charge in [0.15, 0.2) is 0 Å². The average Bonchev–Trinajstić information content (AvgIpc) is 3.36. The second-order valence-corrected chi connectivity index (χ2v) is 9.89. The minimum atomic E-state index is -0.936. The van der Waals surface area contributed by atoms with Gasteiger partial charge in [0.25, 0.3) is 0 Å². The first-order chi connectivity index (χ1) is 16.8. The van der Waals surface area contributed by atoms with E-state index in [1.807, 2.05) is 38.1 Å². The molecule has 3 atom stereocenters. The van der Waals surface area contributed by atoms with Gasteiger partial charge in [0.1, 0.15) is 6.61 Å². The van der Waals surface area contributed by atoms with E-state index < -0.39 is 23.5 Å². The number of carbonyl (C=O) groups excluding carboxylic acids is 2. The molecule has 7 nitrogen and oxygen atoms in total. The number of benzene rings is 2. The molecule has 0 bridgehead atoms. The minimum Gasteiger partial charge on any atom is -0.481 e. The Morgan fingerprint density at radius 2 is 1.71 bits per heavy atom. The van der Waals surface area contributed by atoms with Crippen LogP contribution in [0.1, 0.15) is 69.4 Å². The maximum Gasteiger partial charge on any atom is 0.407 e. The minimum absolute atomic E-state index is 0.0303. The van der Waals surface area contributed by atoms with E-state index in [0.717, 1.165) is 24.0 Å². The van der Waals surface area contributed by atoms with Gasteiger partial charge in [-0.15, -0.1) is 0 Å². The van der Waals surface area contributed by atoms with Gasteiger partial charge in [-0.1, -0.05) is 68.3 Å². The highest BCUT2D eigenvalue weighted by Crippen LogP contribution is 2.44. The van der Waals surface area contributed by atoms with E-state index in [-0.39, 0.29) is 30.9 Å². The number of carbonyl (C=O) groups is 3. The van der Waals surface area contributed by atoms with Gasteiger partial charge in [-0.2, -0.15) is 0 Å². The zero-order chi connectivity index (χ0) is 25.0. The summed E-state index contributed by atoms with van der Waals surface area (Å²) in [4.78, 5) is 37.2. The molecule has 2 amide bonds. The van der Waals surface area contributed by atoms with Crippen molar-refractivity contribution >= 4 is 18.0 Å². The molecular weight excluding hydrogens is 444 g/mol. The van der Waals surface area contributed by atoms with Crippen molar-refractivity contribution in [1.82, 2.24) is 10.6 Å². The number of alkyl carbamates (subject to hydrolysis) is 1. The van der Waals surface area contributed by atoms with Crippen LogP contribution < -0.4 is 10.6 Å². The van der Waals surface area contributed by atoms with Crippen molar-refractivity contribution in [2.45, 2.75) is 70.4 Å². The van der Waals surface area contributed by atoms with Gasteiger partial charge in [0.05, 0.1) is 11.8 Å². The summed E-state index contributed by atoms with van der Waals surface area (Å²) in [7, 11) is 0. The highest BCUT2D eigenvalue weighted by atomic mass is 16.5. The second kappa shape index (κ2) is 10.5. The lowest BCUT2D eigenvalue weighted by Gasteiger charge is -2.32. The lowest BCUT2D eigenvalue weighted by atomic mass is 9.83. The number of carboxylic acid groups (broad SMARTS) is 1. The third-order valence-electron chi connectivity index (χ3n) is 7.51. The van der Waals surface area contributed by atoms with Crippen LogP contribution >= 0.6 is 0 Å². The normalized spacial score (nSPS) is 21.6. The third-order valence-corrected chi connectivity index (χ3v) is 7.51. The van der Waals surface area contributed by atoms with E-state index in [9.17, 15) is 19.5 Å². The Labute approximate surface area is 206 Å². The van der Waals surface area contributed by atoms with Gasteiger partial charge >= 0.3 is 12.1 Å². The van der Waals surface area contributed by atoms with E-state index in [2.05, 4.69) is 34.9 Å². The van der Waals surface area contributed by atoms with E-state index in [4.69, 9.17) is 4.74 Å². The van der Waals surface area contributed by atoms with Crippen LogP contribution in [-0.2, 0) is 14.3 Å². The van der Waals surface area contributed by atoms with Crippen LogP contribution in [0.2, 0.25) is 0 Å². The fraction of sp³-hybridized carbons (Fsp3) is 0.464. The van der Waals surface area contributed by atoms with Gasteiger partial charge in [0, 0.05) is 18.0 Å². The highest BCUT2D eigenvalue weighted by Gasteiger charge is 2.46. The summed E-state index contributed by atoms with van der Waals surface area (Å²) in [6.07, 6.45) is 2.82. The lowest BCUT2D eigenvalue weighted by molar-refractivity contribution is -0.138. The van der Waals surface area contributed by atoms with Crippen LogP contribution in [0.15, 0.2) is 48.5 Å². The molecule has 0 radical (unpaired) electrons. The summed E-state index contributed by atoms with van der Waals surface area (Å²) >= 11 is 0. The molecule has 0 saturated heterocycles. The molecule has 2 aromatic carbocycles. The molecule has 4 rings (SSSR count). The molecule has 7 heteroatoms. The van der Waals surface area contributed by atoms with E-state index >= 15 is 0 Å². The zero-order valence-electron chi connectivity index (χ0n) is 20.4. The molecule has 0 aromatic heterocycles. The summed E-state index contributed by atoms with van der Waals surface area (Å²) in [6.45, 7) is 4.01. The van der Waals surface area contributed by atoms with Crippen molar-refractivity contribution in [2.24, 2.45) is 5.41 Å². The monoisotopic (exact) mass is 478 g/mol. The van der Waals surface area contributed by atoms with E-state index in [1.54, 1.807) is 0 Å². The fourth-order valence-electron chi connectivity index (χ4n) is 5.59. The molecule has 186 valence electrons. The maximum atomic E-state index is 13.2. The first-order valence-corrected chi connectivity index (χ1v) is 12.5. The number of rotatable bonds is 9. The Bertz CT molecular complexity index is 1050. The molecule has 0 spiro atoms. The SMILES string of the molecule is CCC[C@@H](CC(=O)O)NC(=O)C1(C)CCCC1NC(=O)OCC1c2ccccc2-c2ccccc21. The number of fused-ring (bicyclic) bond motifs is 3.